The summed E-state index contributed by atoms with van der Waals surface area (Å²) in [5.41, 5.74) is -0.866. The van der Waals surface area contributed by atoms with E-state index in [-0.39, 0.29) is 13.2 Å². The van der Waals surface area contributed by atoms with Gasteiger partial charge in [-0.15, -0.1) is 0 Å². The average Bonchev–Trinajstić information content (AvgIpc) is 2.66. The molecule has 0 bridgehead atoms. The summed E-state index contributed by atoms with van der Waals surface area (Å²) in [7, 11) is 0. The van der Waals surface area contributed by atoms with Gasteiger partial charge in [0.25, 0.3) is 0 Å². The van der Waals surface area contributed by atoms with E-state index in [4.69, 9.17) is 24.2 Å². The average molecular weight is 241 g/mol. The van der Waals surface area contributed by atoms with Crippen molar-refractivity contribution >= 4 is 5.97 Å². The van der Waals surface area contributed by atoms with Crippen molar-refractivity contribution in [2.24, 2.45) is 0 Å². The lowest BCUT2D eigenvalue weighted by molar-refractivity contribution is -0.196. The molecule has 0 aliphatic carbocycles. The molecule has 0 amide bonds. The van der Waals surface area contributed by atoms with Crippen LogP contribution in [0.4, 0.5) is 0 Å². The predicted molar refractivity (Wildman–Crippen MR) is 54.8 cm³/mol. The lowest BCUT2D eigenvalue weighted by atomic mass is 9.98. The Morgan fingerprint density at radius 3 is 2.88 bits per heavy atom. The van der Waals surface area contributed by atoms with Crippen LogP contribution in [0.15, 0.2) is 0 Å². The van der Waals surface area contributed by atoms with Crippen molar-refractivity contribution in [1.82, 2.24) is 0 Å². The molecule has 0 aromatic rings. The van der Waals surface area contributed by atoms with Crippen molar-refractivity contribution in [3.63, 3.8) is 0 Å². The third kappa shape index (κ3) is 2.14. The van der Waals surface area contributed by atoms with Crippen LogP contribution in [-0.4, -0.2) is 42.8 Å². The van der Waals surface area contributed by atoms with E-state index in [1.165, 1.54) is 6.92 Å². The molecule has 3 atom stereocenters. The quantitative estimate of drug-likeness (QED) is 0.650. The number of fused-ring (bicyclic) bond motifs is 1. The number of nitrogens with zero attached hydrogens (tertiary/aromatic N) is 1. The van der Waals surface area contributed by atoms with E-state index >= 15 is 0 Å². The minimum Gasteiger partial charge on any atom is -0.463 e. The van der Waals surface area contributed by atoms with Gasteiger partial charge in [0.15, 0.2) is 17.5 Å². The minimum absolute atomic E-state index is 0.0363. The Morgan fingerprint density at radius 2 is 2.29 bits per heavy atom. The Morgan fingerprint density at radius 1 is 1.59 bits per heavy atom. The van der Waals surface area contributed by atoms with Gasteiger partial charge in [-0.25, -0.2) is 0 Å². The molecule has 2 aliphatic heterocycles. The van der Waals surface area contributed by atoms with E-state index in [9.17, 15) is 4.79 Å². The summed E-state index contributed by atoms with van der Waals surface area (Å²) >= 11 is 0. The van der Waals surface area contributed by atoms with Crippen LogP contribution < -0.4 is 0 Å². The molecule has 6 nitrogen and oxygen atoms in total. The first-order valence-corrected chi connectivity index (χ1v) is 5.41. The zero-order valence-corrected chi connectivity index (χ0v) is 10.1. The number of nitriles is 1. The molecule has 0 aromatic carbocycles. The zero-order chi connectivity index (χ0) is 12.7. The first-order chi connectivity index (χ1) is 7.88. The van der Waals surface area contributed by atoms with Crippen LogP contribution >= 0.6 is 0 Å². The molecule has 2 rings (SSSR count). The largest absolute Gasteiger partial charge is 0.463 e. The van der Waals surface area contributed by atoms with Gasteiger partial charge in [-0.2, -0.15) is 5.26 Å². The second-order valence-corrected chi connectivity index (χ2v) is 4.75. The number of carbonyl (C=O) groups is 1. The normalized spacial score (nSPS) is 38.5. The molecule has 94 valence electrons. The van der Waals surface area contributed by atoms with Gasteiger partial charge in [-0.3, -0.25) is 4.79 Å². The molecule has 6 heteroatoms. The van der Waals surface area contributed by atoms with E-state index in [1.807, 2.05) is 6.07 Å². The number of hydrogen-bond acceptors (Lipinski definition) is 6. The molecule has 17 heavy (non-hydrogen) atoms. The van der Waals surface area contributed by atoms with Crippen molar-refractivity contribution in [3.8, 4) is 6.07 Å². The molecule has 0 radical (unpaired) electrons. The SMILES string of the molecule is CC(=O)OC[C@@]12CO[C@H](C#N)[C@@H]1OC(C)(C)O2. The maximum Gasteiger partial charge on any atom is 0.302 e. The Hall–Kier alpha value is -1.16. The molecule has 2 aliphatic rings. The molecule has 2 saturated heterocycles. The fourth-order valence-corrected chi connectivity index (χ4v) is 2.23. The molecular weight excluding hydrogens is 226 g/mol. The third-order valence-electron chi connectivity index (χ3n) is 2.81. The number of esters is 1. The van der Waals surface area contributed by atoms with E-state index in [0.717, 1.165) is 0 Å². The van der Waals surface area contributed by atoms with Crippen molar-refractivity contribution in [3.05, 3.63) is 0 Å². The molecule has 0 aromatic heterocycles. The summed E-state index contributed by atoms with van der Waals surface area (Å²) in [5, 5.41) is 8.96. The Kier molecular flexibility index (Phi) is 2.86. The van der Waals surface area contributed by atoms with Crippen molar-refractivity contribution in [1.29, 1.82) is 5.26 Å². The van der Waals surface area contributed by atoms with Crippen LogP contribution in [0.3, 0.4) is 0 Å². The molecule has 2 heterocycles. The van der Waals surface area contributed by atoms with Gasteiger partial charge in [0, 0.05) is 6.92 Å². The number of rotatable bonds is 2. The number of ether oxygens (including phenoxy) is 4. The van der Waals surface area contributed by atoms with Crippen LogP contribution in [0, 0.1) is 11.3 Å². The van der Waals surface area contributed by atoms with Gasteiger partial charge in [0.1, 0.15) is 12.7 Å². The van der Waals surface area contributed by atoms with Crippen LogP contribution in [-0.2, 0) is 23.7 Å². The van der Waals surface area contributed by atoms with Crippen LogP contribution in [0.5, 0.6) is 0 Å². The summed E-state index contributed by atoms with van der Waals surface area (Å²) in [6.45, 7) is 5.07. The Labute approximate surface area is 99.4 Å². The molecule has 2 fully saturated rings. The summed E-state index contributed by atoms with van der Waals surface area (Å²) in [5.74, 6) is -1.20. The van der Waals surface area contributed by atoms with Crippen molar-refractivity contribution in [2.75, 3.05) is 13.2 Å². The fraction of sp³-hybridized carbons (Fsp3) is 0.818. The highest BCUT2D eigenvalue weighted by Gasteiger charge is 2.62. The zero-order valence-electron chi connectivity index (χ0n) is 10.1. The molecule has 0 spiro atoms. The molecule has 0 unspecified atom stereocenters. The first-order valence-electron chi connectivity index (χ1n) is 5.41. The van der Waals surface area contributed by atoms with Gasteiger partial charge in [-0.05, 0) is 13.8 Å². The van der Waals surface area contributed by atoms with Crippen molar-refractivity contribution < 1.29 is 23.7 Å². The highest BCUT2D eigenvalue weighted by atomic mass is 16.8. The second-order valence-electron chi connectivity index (χ2n) is 4.75. The maximum absolute atomic E-state index is 10.9. The Bertz CT molecular complexity index is 375. The van der Waals surface area contributed by atoms with E-state index < -0.39 is 29.6 Å². The summed E-state index contributed by atoms with van der Waals surface area (Å²) in [6, 6.07) is 2.02. The summed E-state index contributed by atoms with van der Waals surface area (Å²) in [4.78, 5) is 10.9. The highest BCUT2D eigenvalue weighted by molar-refractivity contribution is 5.66. The minimum atomic E-state index is -0.866. The van der Waals surface area contributed by atoms with Gasteiger partial charge < -0.3 is 18.9 Å². The van der Waals surface area contributed by atoms with Crippen LogP contribution in [0.2, 0.25) is 0 Å². The van der Waals surface area contributed by atoms with Gasteiger partial charge >= 0.3 is 5.97 Å². The fourth-order valence-electron chi connectivity index (χ4n) is 2.23. The monoisotopic (exact) mass is 241 g/mol. The second kappa shape index (κ2) is 3.95. The summed E-state index contributed by atoms with van der Waals surface area (Å²) < 4.78 is 21.7. The molecular formula is C11H15NO5. The van der Waals surface area contributed by atoms with E-state index in [2.05, 4.69) is 0 Å². The topological polar surface area (TPSA) is 77.8 Å². The maximum atomic E-state index is 10.9. The van der Waals surface area contributed by atoms with Crippen LogP contribution in [0.25, 0.3) is 0 Å². The number of carbonyl (C=O) groups excluding carboxylic acids is 1. The first kappa shape index (κ1) is 12.3. The predicted octanol–water partition coefficient (Wildman–Crippen LogP) is 0.362. The van der Waals surface area contributed by atoms with E-state index in [1.54, 1.807) is 13.8 Å². The number of hydrogen-bond donors (Lipinski definition) is 0. The van der Waals surface area contributed by atoms with Gasteiger partial charge in [0.05, 0.1) is 12.7 Å². The lowest BCUT2D eigenvalue weighted by Gasteiger charge is -2.25. The highest BCUT2D eigenvalue weighted by Crippen LogP contribution is 2.43. The van der Waals surface area contributed by atoms with E-state index in [0.29, 0.717) is 0 Å². The Balaban J connectivity index is 2.18. The summed E-state index contributed by atoms with van der Waals surface area (Å²) in [6.07, 6.45) is -1.21. The molecule has 0 saturated carbocycles. The standard InChI is InChI=1S/C11H15NO5/c1-7(13)14-5-11-6-15-8(4-12)9(11)16-10(2,3)17-11/h8-9H,5-6H2,1-3H3/t8-,9+,11-/m1/s1. The smallest absolute Gasteiger partial charge is 0.302 e. The van der Waals surface area contributed by atoms with Crippen LogP contribution in [0.1, 0.15) is 20.8 Å². The van der Waals surface area contributed by atoms with Gasteiger partial charge in [-0.1, -0.05) is 0 Å². The van der Waals surface area contributed by atoms with Crippen molar-refractivity contribution in [2.45, 2.75) is 44.4 Å². The lowest BCUT2D eigenvalue weighted by Crippen LogP contribution is -2.46. The molecule has 0 N–H and O–H groups in total. The third-order valence-corrected chi connectivity index (χ3v) is 2.81. The van der Waals surface area contributed by atoms with Gasteiger partial charge in [0.2, 0.25) is 0 Å².